The molecule has 7 nitrogen and oxygen atoms in total. The molecule has 2 aliphatic rings. The Labute approximate surface area is 214 Å². The fourth-order valence-electron chi connectivity index (χ4n) is 5.15. The summed E-state index contributed by atoms with van der Waals surface area (Å²) >= 11 is 0. The van der Waals surface area contributed by atoms with Crippen LogP contribution in [0.3, 0.4) is 0 Å². The molecule has 1 atom stereocenters. The Morgan fingerprint density at radius 3 is 2.09 bits per heavy atom. The zero-order valence-electron chi connectivity index (χ0n) is 21.4. The summed E-state index contributed by atoms with van der Waals surface area (Å²) in [6, 6.07) is 8.18. The van der Waals surface area contributed by atoms with E-state index in [9.17, 15) is 4.79 Å². The molecule has 0 fully saturated rings. The van der Waals surface area contributed by atoms with E-state index in [2.05, 4.69) is 24.1 Å². The maximum atomic E-state index is 12.9. The Kier molecular flexibility index (Phi) is 9.14. The molecule has 0 aromatic heterocycles. The average molecular weight is 504 g/mol. The topological polar surface area (TPSA) is 60.5 Å². The predicted molar refractivity (Wildman–Crippen MR) is 132 cm³/mol. The van der Waals surface area contributed by atoms with Gasteiger partial charge in [-0.25, -0.2) is 0 Å². The maximum Gasteiger partial charge on any atom is 0.227 e. The Morgan fingerprint density at radius 1 is 0.886 bits per heavy atom. The molecule has 1 unspecified atom stereocenters. The highest BCUT2D eigenvalue weighted by Crippen LogP contribution is 2.42. The molecular formula is C27H36ClN2O5-. The lowest BCUT2D eigenvalue weighted by molar-refractivity contribution is -0.130. The quantitative estimate of drug-likeness (QED) is 0.465. The van der Waals surface area contributed by atoms with E-state index in [-0.39, 0.29) is 18.3 Å². The molecule has 0 radical (unpaired) electrons. The van der Waals surface area contributed by atoms with Crippen LogP contribution in [0.1, 0.15) is 34.6 Å². The summed E-state index contributed by atoms with van der Waals surface area (Å²) in [4.78, 5) is 17.3. The molecule has 192 valence electrons. The number of likely N-dealkylation sites (N-methyl/N-ethyl adjacent to an activating group) is 1. The van der Waals surface area contributed by atoms with Gasteiger partial charge < -0.3 is 41.2 Å². The highest BCUT2D eigenvalue weighted by atomic mass is 35.5. The van der Waals surface area contributed by atoms with Gasteiger partial charge in [0.2, 0.25) is 5.91 Å². The van der Waals surface area contributed by atoms with Crippen molar-refractivity contribution < 1.29 is 36.1 Å². The van der Waals surface area contributed by atoms with Gasteiger partial charge in [0.1, 0.15) is 0 Å². The van der Waals surface area contributed by atoms with Crippen LogP contribution in [0, 0.1) is 0 Å². The highest BCUT2D eigenvalue weighted by Gasteiger charge is 2.29. The smallest absolute Gasteiger partial charge is 0.227 e. The van der Waals surface area contributed by atoms with Crippen molar-refractivity contribution in [1.82, 2.24) is 9.80 Å². The van der Waals surface area contributed by atoms with Gasteiger partial charge in [0.15, 0.2) is 23.0 Å². The molecule has 4 rings (SSSR count). The zero-order chi connectivity index (χ0) is 24.2. The van der Waals surface area contributed by atoms with Gasteiger partial charge in [0.05, 0.1) is 34.9 Å². The number of amides is 1. The number of benzene rings is 2. The first-order chi connectivity index (χ1) is 16.5. The number of hydrogen-bond acceptors (Lipinski definition) is 6. The second-order valence-corrected chi connectivity index (χ2v) is 9.21. The summed E-state index contributed by atoms with van der Waals surface area (Å²) in [5.74, 6) is 3.69. The van der Waals surface area contributed by atoms with Crippen LogP contribution in [0.5, 0.6) is 23.0 Å². The molecule has 35 heavy (non-hydrogen) atoms. The Bertz CT molecular complexity index is 1040. The number of carbonyl (C=O) groups excluding carboxylic acids is 1. The second kappa shape index (κ2) is 11.9. The fraction of sp³-hybridized carbons (Fsp3) is 0.519. The van der Waals surface area contributed by atoms with E-state index in [1.807, 2.05) is 17.0 Å². The van der Waals surface area contributed by atoms with Crippen molar-refractivity contribution in [3.63, 3.8) is 0 Å². The van der Waals surface area contributed by atoms with Crippen LogP contribution in [0.2, 0.25) is 0 Å². The van der Waals surface area contributed by atoms with Crippen molar-refractivity contribution in [2.24, 2.45) is 0 Å². The van der Waals surface area contributed by atoms with Crippen LogP contribution in [0.25, 0.3) is 0 Å². The van der Waals surface area contributed by atoms with Gasteiger partial charge in [-0.2, -0.15) is 0 Å². The van der Waals surface area contributed by atoms with Gasteiger partial charge in [-0.15, -0.1) is 0 Å². The van der Waals surface area contributed by atoms with Crippen LogP contribution in [0.4, 0.5) is 0 Å². The van der Waals surface area contributed by atoms with E-state index in [0.717, 1.165) is 68.3 Å². The van der Waals surface area contributed by atoms with Crippen molar-refractivity contribution in [3.05, 3.63) is 46.5 Å². The van der Waals surface area contributed by atoms with Crippen LogP contribution in [0.15, 0.2) is 24.3 Å². The van der Waals surface area contributed by atoms with Crippen LogP contribution in [-0.4, -0.2) is 77.4 Å². The lowest BCUT2D eigenvalue weighted by Gasteiger charge is -2.34. The minimum absolute atomic E-state index is 0. The van der Waals surface area contributed by atoms with E-state index >= 15 is 0 Å². The molecule has 0 saturated heterocycles. The number of carbonyl (C=O) groups is 1. The van der Waals surface area contributed by atoms with Crippen molar-refractivity contribution in [1.29, 1.82) is 0 Å². The van der Waals surface area contributed by atoms with Gasteiger partial charge in [-0.3, -0.25) is 4.79 Å². The number of halogens is 1. The normalized spacial score (nSPS) is 16.5. The van der Waals surface area contributed by atoms with Crippen molar-refractivity contribution in [3.8, 4) is 23.0 Å². The number of ether oxygens (including phenoxy) is 4. The Balaban J connectivity index is 0.00000342. The third kappa shape index (κ3) is 5.78. The predicted octanol–water partition coefficient (Wildman–Crippen LogP) is 0.314. The first kappa shape index (κ1) is 27.0. The van der Waals surface area contributed by atoms with E-state index in [1.54, 1.807) is 28.4 Å². The second-order valence-electron chi connectivity index (χ2n) is 9.21. The summed E-state index contributed by atoms with van der Waals surface area (Å²) in [6.07, 6.45) is 3.27. The summed E-state index contributed by atoms with van der Waals surface area (Å²) in [5.41, 5.74) is 4.91. The minimum Gasteiger partial charge on any atom is -1.00 e. The number of rotatable bonds is 10. The van der Waals surface area contributed by atoms with Crippen LogP contribution < -0.4 is 31.4 Å². The minimum atomic E-state index is 0. The van der Waals surface area contributed by atoms with Gasteiger partial charge >= 0.3 is 0 Å². The van der Waals surface area contributed by atoms with E-state index < -0.39 is 0 Å². The zero-order valence-corrected chi connectivity index (χ0v) is 22.1. The number of methoxy groups -OCH3 is 4. The van der Waals surface area contributed by atoms with E-state index in [1.165, 1.54) is 16.7 Å². The van der Waals surface area contributed by atoms with Crippen molar-refractivity contribution >= 4 is 5.91 Å². The Morgan fingerprint density at radius 2 is 1.46 bits per heavy atom. The molecule has 0 spiro atoms. The van der Waals surface area contributed by atoms with Gasteiger partial charge in [-0.1, -0.05) is 0 Å². The lowest BCUT2D eigenvalue weighted by atomic mass is 9.77. The monoisotopic (exact) mass is 503 g/mol. The maximum absolute atomic E-state index is 12.9. The molecule has 0 saturated carbocycles. The molecule has 1 aliphatic carbocycles. The molecule has 1 aliphatic heterocycles. The first-order valence-electron chi connectivity index (χ1n) is 11.9. The van der Waals surface area contributed by atoms with Gasteiger partial charge in [0, 0.05) is 25.6 Å². The molecule has 0 N–H and O–H groups in total. The number of fused-ring (bicyclic) bond motifs is 2. The fourth-order valence-corrected chi connectivity index (χ4v) is 5.15. The van der Waals surface area contributed by atoms with Crippen molar-refractivity contribution in [2.45, 2.75) is 31.6 Å². The van der Waals surface area contributed by atoms with Gasteiger partial charge in [-0.05, 0) is 79.4 Å². The molecule has 1 heterocycles. The number of hydrogen-bond donors (Lipinski definition) is 0. The standard InChI is InChI=1S/C27H36N2O5.ClH/c1-28(17-21-11-20-14-25(33-4)26(34-5)16-22(20)21)8-6-9-29-10-7-18-12-23(31-2)24(32-3)13-19(18)15-27(29)30;/h12-14,16,21H,6-11,15,17H2,1-5H3;1H/p-1. The van der Waals surface area contributed by atoms with E-state index in [4.69, 9.17) is 18.9 Å². The molecule has 0 bridgehead atoms. The molecule has 1 amide bonds. The van der Waals surface area contributed by atoms with Crippen LogP contribution in [-0.2, 0) is 24.1 Å². The molecule has 2 aromatic rings. The molecule has 2 aromatic carbocycles. The summed E-state index contributed by atoms with van der Waals surface area (Å²) < 4.78 is 21.7. The third-order valence-corrected chi connectivity index (χ3v) is 7.10. The van der Waals surface area contributed by atoms with Crippen molar-refractivity contribution in [2.75, 3.05) is 61.7 Å². The van der Waals surface area contributed by atoms with E-state index in [0.29, 0.717) is 18.1 Å². The van der Waals surface area contributed by atoms with Gasteiger partial charge in [0.25, 0.3) is 0 Å². The molecular weight excluding hydrogens is 468 g/mol. The average Bonchev–Trinajstić information content (AvgIpc) is 2.98. The van der Waals surface area contributed by atoms with Crippen LogP contribution >= 0.6 is 0 Å². The summed E-state index contributed by atoms with van der Waals surface area (Å²) in [6.45, 7) is 3.47. The first-order valence-corrected chi connectivity index (χ1v) is 11.9. The highest BCUT2D eigenvalue weighted by molar-refractivity contribution is 5.80. The largest absolute Gasteiger partial charge is 1.00 e. The summed E-state index contributed by atoms with van der Waals surface area (Å²) in [7, 11) is 8.79. The molecule has 8 heteroatoms. The Hall–Kier alpha value is -2.64. The summed E-state index contributed by atoms with van der Waals surface area (Å²) in [5, 5.41) is 0. The lowest BCUT2D eigenvalue weighted by Crippen LogP contribution is -3.00. The third-order valence-electron chi connectivity index (χ3n) is 7.10. The SMILES string of the molecule is COc1cc2c(cc1OC)CC(=O)N(CCCN(C)CC1Cc3cc(OC)c(OC)cc31)CC2.[Cl-]. The number of nitrogens with zero attached hydrogens (tertiary/aromatic N) is 2.